The average Bonchev–Trinajstić information content (AvgIpc) is 3.57. The van der Waals surface area contributed by atoms with Gasteiger partial charge in [-0.25, -0.2) is 0 Å². The van der Waals surface area contributed by atoms with E-state index in [1.54, 1.807) is 13.8 Å². The molecule has 18 nitrogen and oxygen atoms in total. The van der Waals surface area contributed by atoms with Crippen LogP contribution in [0, 0.1) is 44.8 Å². The van der Waals surface area contributed by atoms with Gasteiger partial charge >= 0.3 is 23.9 Å². The molecule has 8 fully saturated rings. The summed E-state index contributed by atoms with van der Waals surface area (Å²) < 4.78 is 55.3. The second kappa shape index (κ2) is 17.4. The van der Waals surface area contributed by atoms with Crippen LogP contribution in [0.25, 0.3) is 0 Å². The fourth-order valence-corrected chi connectivity index (χ4v) is 16.0. The summed E-state index contributed by atoms with van der Waals surface area (Å²) in [6.45, 7) is 18.6. The minimum Gasteiger partial charge on any atom is -0.463 e. The van der Waals surface area contributed by atoms with Crippen LogP contribution < -0.4 is 0 Å². The smallest absolute Gasteiger partial charge is 0.303 e. The summed E-state index contributed by atoms with van der Waals surface area (Å²) in [6.07, 6.45) is -8.43. The van der Waals surface area contributed by atoms with Crippen molar-refractivity contribution in [2.24, 2.45) is 44.8 Å². The maximum Gasteiger partial charge on any atom is 0.303 e. The number of aliphatic hydroxyl groups is 5. The van der Waals surface area contributed by atoms with Crippen LogP contribution >= 0.6 is 0 Å². The summed E-state index contributed by atoms with van der Waals surface area (Å²) >= 11 is 0. The Morgan fingerprint density at radius 2 is 1.33 bits per heavy atom. The first kappa shape index (κ1) is 50.9. The van der Waals surface area contributed by atoms with E-state index in [1.165, 1.54) is 27.7 Å². The molecule has 0 amide bonds. The molecule has 67 heavy (non-hydrogen) atoms. The highest BCUT2D eigenvalue weighted by molar-refractivity contribution is 5.68. The van der Waals surface area contributed by atoms with Crippen molar-refractivity contribution in [1.82, 2.24) is 0 Å². The molecule has 0 aromatic carbocycles. The Kier molecular flexibility index (Phi) is 13.2. The molecule has 5 unspecified atom stereocenters. The largest absolute Gasteiger partial charge is 0.463 e. The molecule has 8 rings (SSSR count). The average molecular weight is 953 g/mol. The molecule has 0 aromatic heterocycles. The molecule has 3 saturated heterocycles. The highest BCUT2D eigenvalue weighted by atomic mass is 16.7. The summed E-state index contributed by atoms with van der Waals surface area (Å²) in [5.41, 5.74) is -3.79. The van der Waals surface area contributed by atoms with Gasteiger partial charge < -0.3 is 68.2 Å². The van der Waals surface area contributed by atoms with Crippen LogP contribution in [-0.2, 0) is 61.8 Å². The van der Waals surface area contributed by atoms with Gasteiger partial charge in [0.1, 0.15) is 31.0 Å². The highest BCUT2D eigenvalue weighted by Gasteiger charge is 2.85. The molecule has 5 aliphatic carbocycles. The quantitative estimate of drug-likeness (QED) is 0.113. The third kappa shape index (κ3) is 8.26. The van der Waals surface area contributed by atoms with Crippen molar-refractivity contribution in [2.45, 2.75) is 225 Å². The second-order valence-electron chi connectivity index (χ2n) is 23.4. The molecular formula is C49H76O18. The van der Waals surface area contributed by atoms with Crippen molar-refractivity contribution in [1.29, 1.82) is 0 Å². The van der Waals surface area contributed by atoms with E-state index in [0.717, 1.165) is 19.3 Å². The van der Waals surface area contributed by atoms with Crippen LogP contribution in [0.15, 0.2) is 0 Å². The number of rotatable bonds is 11. The molecule has 5 N–H and O–H groups in total. The lowest BCUT2D eigenvalue weighted by atomic mass is 9.41. The maximum atomic E-state index is 12.6. The van der Waals surface area contributed by atoms with E-state index in [0.29, 0.717) is 38.5 Å². The zero-order valence-electron chi connectivity index (χ0n) is 41.1. The van der Waals surface area contributed by atoms with Crippen LogP contribution in [0.2, 0.25) is 0 Å². The van der Waals surface area contributed by atoms with Crippen LogP contribution in [0.3, 0.4) is 0 Å². The molecule has 0 radical (unpaired) electrons. The topological polar surface area (TPSA) is 252 Å². The Morgan fingerprint density at radius 3 is 1.94 bits per heavy atom. The van der Waals surface area contributed by atoms with Crippen LogP contribution in [0.4, 0.5) is 0 Å². The standard InChI is InChI=1S/C49H76O18/c1-23(50)59-21-30-36(61-24(2)51)37(62-25(3)52)35(57)41(65-30)64-29-18-31-46(10)19-27(54)39(47(11)14-12-33(67-47)44(7,8)58)45(46,9)16-17-48(31)22-49(48)15-13-32(43(5,6)40(29)49)66-42-38(63-26(4)53)34(56)28(55)20-60-42/h27-42,54-58H,12-22H2,1-11H3/t27-,28+,29?,30+,31-,32?,33-,34?,35+,36+,37+,38+,39?,40-,41+,42-,45+,46-,47?,48-,49+/m0/s1. The van der Waals surface area contributed by atoms with Gasteiger partial charge in [0.05, 0.1) is 42.2 Å². The summed E-state index contributed by atoms with van der Waals surface area (Å²) in [5, 5.41) is 57.1. The Morgan fingerprint density at radius 1 is 0.687 bits per heavy atom. The first-order valence-electron chi connectivity index (χ1n) is 24.4. The predicted molar refractivity (Wildman–Crippen MR) is 232 cm³/mol. The number of ether oxygens (including phenoxy) is 9. The minimum atomic E-state index is -1.66. The number of aliphatic hydroxyl groups excluding tert-OH is 4. The summed E-state index contributed by atoms with van der Waals surface area (Å²) in [5.74, 6) is -3.31. The molecule has 5 saturated carbocycles. The van der Waals surface area contributed by atoms with Crippen LogP contribution in [-0.4, -0.2) is 154 Å². The zero-order chi connectivity index (χ0) is 49.2. The molecule has 0 bridgehead atoms. The van der Waals surface area contributed by atoms with E-state index >= 15 is 0 Å². The van der Waals surface area contributed by atoms with Gasteiger partial charge in [-0.15, -0.1) is 0 Å². The van der Waals surface area contributed by atoms with Gasteiger partial charge in [-0.05, 0) is 117 Å². The van der Waals surface area contributed by atoms with Crippen molar-refractivity contribution in [2.75, 3.05) is 13.2 Å². The second-order valence-corrected chi connectivity index (χ2v) is 23.4. The Bertz CT molecular complexity index is 1920. The lowest BCUT2D eigenvalue weighted by molar-refractivity contribution is -0.340. The third-order valence-electron chi connectivity index (χ3n) is 18.7. The predicted octanol–water partition coefficient (Wildman–Crippen LogP) is 3.01. The maximum absolute atomic E-state index is 12.6. The lowest BCUT2D eigenvalue weighted by Crippen LogP contribution is -2.66. The SMILES string of the molecule is CC(=O)OC[C@H]1O[C@@H](OC2C[C@@H]3[C@]4(CC[C@]5(C)C(C6(C)CC[C@@H](C(C)(C)O)O6)[C@@H](O)C[C@@]35C)C[C@@]43CCC(O[C@@H]4OC[C@@H](O)C(O)[C@H]4OC(C)=O)C(C)(C)[C@H]23)[C@H](O)[C@@H](OC(C)=O)[C@@H]1OC(C)=O. The normalized spacial score (nSPS) is 49.9. The van der Waals surface area contributed by atoms with E-state index in [4.69, 9.17) is 42.6 Å². The Balaban J connectivity index is 1.18. The third-order valence-corrected chi connectivity index (χ3v) is 18.7. The zero-order valence-corrected chi connectivity index (χ0v) is 41.1. The minimum absolute atomic E-state index is 0.00491. The summed E-state index contributed by atoms with van der Waals surface area (Å²) in [7, 11) is 0. The van der Waals surface area contributed by atoms with Crippen molar-refractivity contribution in [3.63, 3.8) is 0 Å². The Labute approximate surface area is 393 Å². The Hall–Kier alpha value is -2.52. The van der Waals surface area contributed by atoms with Gasteiger partial charge in [-0.1, -0.05) is 27.7 Å². The molecule has 3 aliphatic heterocycles. The molecular weight excluding hydrogens is 877 g/mol. The monoisotopic (exact) mass is 953 g/mol. The summed E-state index contributed by atoms with van der Waals surface area (Å²) in [4.78, 5) is 49.4. The number of esters is 4. The fraction of sp³-hybridized carbons (Fsp3) is 0.918. The van der Waals surface area contributed by atoms with E-state index in [1.807, 2.05) is 0 Å². The van der Waals surface area contributed by atoms with Gasteiger partial charge in [-0.3, -0.25) is 19.2 Å². The molecule has 8 aliphatic rings. The summed E-state index contributed by atoms with van der Waals surface area (Å²) in [6, 6.07) is 0. The molecule has 2 spiro atoms. The molecule has 380 valence electrons. The number of hydrogen-bond acceptors (Lipinski definition) is 18. The highest BCUT2D eigenvalue weighted by Crippen LogP contribution is 2.89. The van der Waals surface area contributed by atoms with Crippen LogP contribution in [0.1, 0.15) is 134 Å². The molecule has 18 heteroatoms. The number of carbonyl (C=O) groups excluding carboxylic acids is 4. The van der Waals surface area contributed by atoms with Crippen molar-refractivity contribution in [3.05, 3.63) is 0 Å². The van der Waals surface area contributed by atoms with Crippen LogP contribution in [0.5, 0.6) is 0 Å². The van der Waals surface area contributed by atoms with Gasteiger partial charge in [0, 0.05) is 33.6 Å². The van der Waals surface area contributed by atoms with Gasteiger partial charge in [0.2, 0.25) is 0 Å². The van der Waals surface area contributed by atoms with Crippen molar-refractivity contribution >= 4 is 23.9 Å². The van der Waals surface area contributed by atoms with Crippen molar-refractivity contribution in [3.8, 4) is 0 Å². The number of fused-ring (bicyclic) bond motifs is 2. The first-order valence-corrected chi connectivity index (χ1v) is 24.4. The lowest BCUT2D eigenvalue weighted by Gasteiger charge is -2.65. The van der Waals surface area contributed by atoms with Crippen molar-refractivity contribution < 1.29 is 87.3 Å². The van der Waals surface area contributed by atoms with E-state index < -0.39 is 132 Å². The molecule has 3 heterocycles. The first-order chi connectivity index (χ1) is 31.0. The van der Waals surface area contributed by atoms with E-state index in [-0.39, 0.29) is 41.3 Å². The number of hydrogen-bond donors (Lipinski definition) is 5. The molecule has 0 aromatic rings. The fourth-order valence-electron chi connectivity index (χ4n) is 16.0. The van der Waals surface area contributed by atoms with Gasteiger partial charge in [0.15, 0.2) is 30.9 Å². The van der Waals surface area contributed by atoms with Gasteiger partial charge in [-0.2, -0.15) is 0 Å². The van der Waals surface area contributed by atoms with E-state index in [9.17, 15) is 44.7 Å². The molecule has 21 atom stereocenters. The number of carbonyl (C=O) groups is 4. The van der Waals surface area contributed by atoms with Gasteiger partial charge in [0.25, 0.3) is 0 Å². The van der Waals surface area contributed by atoms with E-state index in [2.05, 4.69) is 34.6 Å².